The van der Waals surface area contributed by atoms with Crippen LogP contribution in [-0.4, -0.2) is 50.0 Å². The largest absolute Gasteiger partial charge is 0.493 e. The summed E-state index contributed by atoms with van der Waals surface area (Å²) in [7, 11) is 2.76. The topological polar surface area (TPSA) is 127 Å². The van der Waals surface area contributed by atoms with Gasteiger partial charge in [0.05, 0.1) is 44.0 Å². The van der Waals surface area contributed by atoms with Crippen molar-refractivity contribution in [2.24, 2.45) is 10.9 Å². The molecule has 1 heterocycles. The van der Waals surface area contributed by atoms with E-state index in [2.05, 4.69) is 4.99 Å². The molecule has 0 bridgehead atoms. The van der Waals surface area contributed by atoms with Gasteiger partial charge >= 0.3 is 11.9 Å². The second-order valence-electron chi connectivity index (χ2n) is 7.53. The highest BCUT2D eigenvalue weighted by molar-refractivity contribution is 6.07. The molecule has 2 atom stereocenters. The molecule has 0 radical (unpaired) electrons. The number of nitrogens with zero attached hydrogens (tertiary/aromatic N) is 2. The van der Waals surface area contributed by atoms with Crippen molar-refractivity contribution in [3.8, 4) is 11.5 Å². The number of rotatable bonds is 10. The van der Waals surface area contributed by atoms with E-state index in [1.165, 1.54) is 26.4 Å². The van der Waals surface area contributed by atoms with E-state index < -0.39 is 28.7 Å². The number of allylic oxidation sites excluding steroid dienone is 1. The van der Waals surface area contributed by atoms with Crippen molar-refractivity contribution in [3.05, 3.63) is 39.1 Å². The molecule has 2 rings (SSSR count). The fraction of sp³-hybridized carbons (Fsp3) is 0.522. The van der Waals surface area contributed by atoms with E-state index in [9.17, 15) is 19.7 Å². The number of nitro groups is 1. The second-order valence-corrected chi connectivity index (χ2v) is 7.53. The normalized spacial score (nSPS) is 17.8. The zero-order valence-corrected chi connectivity index (χ0v) is 19.8. The summed E-state index contributed by atoms with van der Waals surface area (Å²) in [6.45, 7) is 7.27. The summed E-state index contributed by atoms with van der Waals surface area (Å²) in [5.41, 5.74) is 0.558. The Kier molecular flexibility index (Phi) is 8.95. The fourth-order valence-corrected chi connectivity index (χ4v) is 3.80. The number of carbonyl (C=O) groups is 2. The van der Waals surface area contributed by atoms with Gasteiger partial charge in [0.25, 0.3) is 5.69 Å². The summed E-state index contributed by atoms with van der Waals surface area (Å²) in [6, 6.07) is 2.63. The fourth-order valence-electron chi connectivity index (χ4n) is 3.80. The molecule has 0 N–H and O–H groups in total. The van der Waals surface area contributed by atoms with Crippen LogP contribution < -0.4 is 9.47 Å². The minimum Gasteiger partial charge on any atom is -0.493 e. The average molecular weight is 462 g/mol. The number of hydrogen-bond acceptors (Lipinski definition) is 9. The lowest BCUT2D eigenvalue weighted by Gasteiger charge is -2.31. The number of aliphatic imine (C=N–C) groups is 1. The van der Waals surface area contributed by atoms with Gasteiger partial charge in [-0.2, -0.15) is 0 Å². The zero-order chi connectivity index (χ0) is 24.7. The highest BCUT2D eigenvalue weighted by atomic mass is 16.6. The third-order valence-corrected chi connectivity index (χ3v) is 5.25. The summed E-state index contributed by atoms with van der Waals surface area (Å²) in [4.78, 5) is 42.0. The number of hydrogen-bond donors (Lipinski definition) is 0. The van der Waals surface area contributed by atoms with Crippen molar-refractivity contribution in [2.75, 3.05) is 27.4 Å². The molecular weight excluding hydrogens is 432 g/mol. The molecule has 1 aromatic carbocycles. The summed E-state index contributed by atoms with van der Waals surface area (Å²) >= 11 is 0. The van der Waals surface area contributed by atoms with Gasteiger partial charge in [0, 0.05) is 22.9 Å². The van der Waals surface area contributed by atoms with E-state index in [1.807, 2.05) is 13.8 Å². The minimum absolute atomic E-state index is 0.0721. The Hall–Kier alpha value is -3.43. The van der Waals surface area contributed by atoms with Gasteiger partial charge in [-0.1, -0.05) is 13.8 Å². The predicted octanol–water partition coefficient (Wildman–Crippen LogP) is 3.97. The standard InChI is InChI=1S/C23H30N2O8/c1-7-9-32-22(26)19-13(3)24-14(4)20(23(27)33-10-8-2)21(19)15-11-17(30-5)18(31-6)12-16(15)25(28)29/h11-12,19,21H,7-10H2,1-6H3. The maximum absolute atomic E-state index is 13.1. The van der Waals surface area contributed by atoms with Crippen LogP contribution in [0.25, 0.3) is 0 Å². The maximum Gasteiger partial charge on any atom is 0.336 e. The molecule has 0 spiro atoms. The van der Waals surface area contributed by atoms with Crippen LogP contribution in [0, 0.1) is 16.0 Å². The highest BCUT2D eigenvalue weighted by Gasteiger charge is 2.45. The van der Waals surface area contributed by atoms with E-state index in [4.69, 9.17) is 18.9 Å². The Labute approximate surface area is 192 Å². The molecule has 1 aliphatic heterocycles. The van der Waals surface area contributed by atoms with E-state index in [-0.39, 0.29) is 41.5 Å². The Morgan fingerprint density at radius 2 is 1.61 bits per heavy atom. The van der Waals surface area contributed by atoms with E-state index in [0.29, 0.717) is 24.3 Å². The van der Waals surface area contributed by atoms with Crippen molar-refractivity contribution >= 4 is 23.3 Å². The Bertz CT molecular complexity index is 983. The smallest absolute Gasteiger partial charge is 0.336 e. The van der Waals surface area contributed by atoms with Gasteiger partial charge in [-0.15, -0.1) is 0 Å². The number of methoxy groups -OCH3 is 2. The van der Waals surface area contributed by atoms with Crippen molar-refractivity contribution in [1.82, 2.24) is 0 Å². The van der Waals surface area contributed by atoms with Crippen LogP contribution >= 0.6 is 0 Å². The van der Waals surface area contributed by atoms with Gasteiger partial charge in [-0.05, 0) is 32.8 Å². The van der Waals surface area contributed by atoms with Gasteiger partial charge in [0.2, 0.25) is 0 Å². The third-order valence-electron chi connectivity index (χ3n) is 5.25. The van der Waals surface area contributed by atoms with Crippen molar-refractivity contribution in [3.63, 3.8) is 0 Å². The summed E-state index contributed by atoms with van der Waals surface area (Å²) in [6.07, 6.45) is 1.18. The summed E-state index contributed by atoms with van der Waals surface area (Å²) in [5.74, 6) is -3.06. The molecule has 0 saturated carbocycles. The molecule has 0 fully saturated rings. The Morgan fingerprint density at radius 3 is 2.15 bits per heavy atom. The third kappa shape index (κ3) is 5.50. The van der Waals surface area contributed by atoms with Gasteiger partial charge in [-0.3, -0.25) is 19.9 Å². The molecule has 10 nitrogen and oxygen atoms in total. The van der Waals surface area contributed by atoms with Gasteiger partial charge in [0.15, 0.2) is 11.5 Å². The molecule has 180 valence electrons. The van der Waals surface area contributed by atoms with Gasteiger partial charge < -0.3 is 18.9 Å². The highest BCUT2D eigenvalue weighted by Crippen LogP contribution is 2.46. The number of ether oxygens (including phenoxy) is 4. The monoisotopic (exact) mass is 462 g/mol. The minimum atomic E-state index is -1.06. The molecule has 0 aromatic heterocycles. The lowest BCUT2D eigenvalue weighted by Crippen LogP contribution is -2.37. The maximum atomic E-state index is 13.1. The van der Waals surface area contributed by atoms with Crippen LogP contribution in [-0.2, 0) is 19.1 Å². The van der Waals surface area contributed by atoms with E-state index >= 15 is 0 Å². The average Bonchev–Trinajstić information content (AvgIpc) is 2.79. The summed E-state index contributed by atoms with van der Waals surface area (Å²) in [5, 5.41) is 12.0. The summed E-state index contributed by atoms with van der Waals surface area (Å²) < 4.78 is 21.3. The lowest BCUT2D eigenvalue weighted by molar-refractivity contribution is -0.385. The number of carbonyl (C=O) groups excluding carboxylic acids is 2. The molecular formula is C23H30N2O8. The number of benzene rings is 1. The van der Waals surface area contributed by atoms with Crippen LogP contribution in [0.1, 0.15) is 52.0 Å². The Morgan fingerprint density at radius 1 is 1.03 bits per heavy atom. The van der Waals surface area contributed by atoms with Gasteiger partial charge in [0.1, 0.15) is 5.92 Å². The number of nitro benzene ring substituents is 1. The van der Waals surface area contributed by atoms with E-state index in [0.717, 1.165) is 0 Å². The van der Waals surface area contributed by atoms with Crippen molar-refractivity contribution in [2.45, 2.75) is 46.5 Å². The molecule has 33 heavy (non-hydrogen) atoms. The molecule has 2 unspecified atom stereocenters. The quantitative estimate of drug-likeness (QED) is 0.290. The zero-order valence-electron chi connectivity index (χ0n) is 19.8. The molecule has 10 heteroatoms. The molecule has 1 aliphatic rings. The van der Waals surface area contributed by atoms with Crippen LogP contribution in [0.3, 0.4) is 0 Å². The molecule has 0 amide bonds. The SMILES string of the molecule is CCCOC(=O)C1=C(C)N=C(C)C(C(=O)OCCC)C1c1cc(OC)c(OC)cc1[N+](=O)[O-]. The predicted molar refractivity (Wildman–Crippen MR) is 121 cm³/mol. The first-order valence-electron chi connectivity index (χ1n) is 10.7. The van der Waals surface area contributed by atoms with E-state index in [1.54, 1.807) is 13.8 Å². The second kappa shape index (κ2) is 11.4. The van der Waals surface area contributed by atoms with Crippen molar-refractivity contribution in [1.29, 1.82) is 0 Å². The van der Waals surface area contributed by atoms with Crippen LogP contribution in [0.2, 0.25) is 0 Å². The Balaban J connectivity index is 2.82. The van der Waals surface area contributed by atoms with Crippen LogP contribution in [0.15, 0.2) is 28.4 Å². The lowest BCUT2D eigenvalue weighted by atomic mass is 9.75. The first-order valence-corrected chi connectivity index (χ1v) is 10.7. The first-order chi connectivity index (χ1) is 15.7. The molecule has 1 aromatic rings. The van der Waals surface area contributed by atoms with Crippen LogP contribution in [0.5, 0.6) is 11.5 Å². The molecule has 0 saturated heterocycles. The first kappa shape index (κ1) is 25.8. The van der Waals surface area contributed by atoms with Crippen LogP contribution in [0.4, 0.5) is 5.69 Å². The number of esters is 2. The molecule has 0 aliphatic carbocycles. The van der Waals surface area contributed by atoms with Gasteiger partial charge in [-0.25, -0.2) is 4.79 Å². The van der Waals surface area contributed by atoms with Crippen molar-refractivity contribution < 1.29 is 33.5 Å².